The molecule has 0 radical (unpaired) electrons. The predicted octanol–water partition coefficient (Wildman–Crippen LogP) is 3.13. The van der Waals surface area contributed by atoms with Gasteiger partial charge in [-0.25, -0.2) is 14.6 Å². The maximum atomic E-state index is 13.9. The molecule has 1 aromatic heterocycles. The molecular formula is C26H43N5O6S. The second-order valence-corrected chi connectivity index (χ2v) is 11.3. The zero-order chi connectivity index (χ0) is 28.6. The largest absolute Gasteiger partial charge is 0.476 e. The van der Waals surface area contributed by atoms with Gasteiger partial charge in [-0.15, -0.1) is 11.3 Å². The van der Waals surface area contributed by atoms with Crippen LogP contribution >= 0.6 is 11.3 Å². The number of nitrogens with one attached hydrogen (secondary N) is 2. The topological polar surface area (TPSA) is 141 Å². The first-order chi connectivity index (χ1) is 17.9. The van der Waals surface area contributed by atoms with E-state index in [9.17, 15) is 24.3 Å². The number of rotatable bonds is 12. The molecule has 0 aliphatic carbocycles. The lowest BCUT2D eigenvalue weighted by atomic mass is 9.92. The Kier molecular flexibility index (Phi) is 12.0. The van der Waals surface area contributed by atoms with Crippen molar-refractivity contribution in [3.05, 3.63) is 16.1 Å². The summed E-state index contributed by atoms with van der Waals surface area (Å²) in [4.78, 5) is 58.4. The maximum absolute atomic E-state index is 13.9. The number of carbonyl (C=O) groups excluding carboxylic acids is 3. The van der Waals surface area contributed by atoms with Gasteiger partial charge < -0.3 is 25.4 Å². The second-order valence-electron chi connectivity index (χ2n) is 10.4. The van der Waals surface area contributed by atoms with E-state index in [1.807, 2.05) is 39.6 Å². The zero-order valence-corrected chi connectivity index (χ0v) is 24.3. The molecule has 0 saturated carbocycles. The summed E-state index contributed by atoms with van der Waals surface area (Å²) in [5.74, 6) is -1.64. The van der Waals surface area contributed by atoms with Crippen LogP contribution in [-0.2, 0) is 14.3 Å². The molecule has 0 unspecified atom stereocenters. The smallest absolute Gasteiger partial charge is 0.407 e. The third-order valence-electron chi connectivity index (χ3n) is 7.39. The zero-order valence-electron chi connectivity index (χ0n) is 23.5. The van der Waals surface area contributed by atoms with Crippen LogP contribution in [0.25, 0.3) is 0 Å². The molecule has 1 aliphatic rings. The van der Waals surface area contributed by atoms with E-state index in [0.29, 0.717) is 11.4 Å². The molecule has 1 fully saturated rings. The number of hydrogen-bond donors (Lipinski definition) is 3. The average Bonchev–Trinajstić information content (AvgIpc) is 3.39. The molecule has 0 bridgehead atoms. The van der Waals surface area contributed by atoms with Crippen molar-refractivity contribution in [3.8, 4) is 0 Å². The van der Waals surface area contributed by atoms with E-state index in [4.69, 9.17) is 4.74 Å². The summed E-state index contributed by atoms with van der Waals surface area (Å²) in [6.45, 7) is 8.71. The van der Waals surface area contributed by atoms with Gasteiger partial charge in [0, 0.05) is 31.9 Å². The minimum absolute atomic E-state index is 0.0311. The molecule has 214 valence electrons. The van der Waals surface area contributed by atoms with Crippen molar-refractivity contribution in [2.45, 2.75) is 84.0 Å². The van der Waals surface area contributed by atoms with Crippen LogP contribution in [-0.4, -0.2) is 89.6 Å². The number of piperidine rings is 1. The predicted molar refractivity (Wildman–Crippen MR) is 145 cm³/mol. The van der Waals surface area contributed by atoms with Crippen molar-refractivity contribution in [1.82, 2.24) is 25.4 Å². The first kappa shape index (κ1) is 31.5. The standard InChI is InChI=1S/C26H43N5O6S/c1-8-16(4)21(29-22(32)18-11-9-10-12-30(18)6)24(33)31(7)19(15(2)3)13-20(37-26(36)27-5)23-28-17(14-38-23)25(34)35/h14-16,18-21H,8-13H2,1-7H3,(H,27,36)(H,29,32)(H,34,35)/t16-,18+,19+,20+,21-/m0/s1. The first-order valence-electron chi connectivity index (χ1n) is 13.2. The maximum Gasteiger partial charge on any atom is 0.407 e. The van der Waals surface area contributed by atoms with Crippen molar-refractivity contribution >= 4 is 35.2 Å². The summed E-state index contributed by atoms with van der Waals surface area (Å²) >= 11 is 1.09. The Balaban J connectivity index is 2.29. The van der Waals surface area contributed by atoms with Gasteiger partial charge in [0.15, 0.2) is 11.8 Å². The van der Waals surface area contributed by atoms with E-state index in [1.165, 1.54) is 12.4 Å². The fourth-order valence-electron chi connectivity index (χ4n) is 4.74. The molecule has 3 N–H and O–H groups in total. The van der Waals surface area contributed by atoms with Gasteiger partial charge in [0.1, 0.15) is 11.0 Å². The lowest BCUT2D eigenvalue weighted by Gasteiger charge is -2.38. The number of likely N-dealkylation sites (tertiary alicyclic amines) is 1. The lowest BCUT2D eigenvalue weighted by molar-refractivity contribution is -0.141. The quantitative estimate of drug-likeness (QED) is 0.359. The first-order valence-corrected chi connectivity index (χ1v) is 14.1. The van der Waals surface area contributed by atoms with E-state index < -0.39 is 24.2 Å². The molecule has 38 heavy (non-hydrogen) atoms. The molecule has 5 atom stereocenters. The number of likely N-dealkylation sites (N-methyl/N-ethyl adjacent to an activating group) is 2. The van der Waals surface area contributed by atoms with E-state index in [1.54, 1.807) is 11.9 Å². The minimum Gasteiger partial charge on any atom is -0.476 e. The highest BCUT2D eigenvalue weighted by Gasteiger charge is 2.37. The number of carbonyl (C=O) groups is 4. The summed E-state index contributed by atoms with van der Waals surface area (Å²) in [5, 5.41) is 16.5. The van der Waals surface area contributed by atoms with Crippen molar-refractivity contribution in [1.29, 1.82) is 0 Å². The van der Waals surface area contributed by atoms with Crippen molar-refractivity contribution < 1.29 is 29.0 Å². The fraction of sp³-hybridized carbons (Fsp3) is 0.731. The van der Waals surface area contributed by atoms with Crippen molar-refractivity contribution in [3.63, 3.8) is 0 Å². The second kappa shape index (κ2) is 14.4. The Morgan fingerprint density at radius 3 is 2.47 bits per heavy atom. The number of carboxylic acids is 1. The van der Waals surface area contributed by atoms with Gasteiger partial charge in [-0.3, -0.25) is 14.5 Å². The van der Waals surface area contributed by atoms with Crippen LogP contribution in [0.4, 0.5) is 4.79 Å². The van der Waals surface area contributed by atoms with Crippen molar-refractivity contribution in [2.75, 3.05) is 27.7 Å². The highest BCUT2D eigenvalue weighted by Crippen LogP contribution is 2.31. The van der Waals surface area contributed by atoms with Gasteiger partial charge in [0.05, 0.1) is 6.04 Å². The number of amides is 3. The molecule has 1 aromatic rings. The van der Waals surface area contributed by atoms with Crippen LogP contribution < -0.4 is 10.6 Å². The Morgan fingerprint density at radius 1 is 1.26 bits per heavy atom. The number of alkyl carbamates (subject to hydrolysis) is 1. The van der Waals surface area contributed by atoms with E-state index >= 15 is 0 Å². The number of aromatic carboxylic acids is 1. The summed E-state index contributed by atoms with van der Waals surface area (Å²) in [6, 6.07) is -1.34. The molecule has 12 heteroatoms. The van der Waals surface area contributed by atoms with Gasteiger partial charge in [-0.1, -0.05) is 40.5 Å². The third-order valence-corrected chi connectivity index (χ3v) is 8.33. The van der Waals surface area contributed by atoms with Gasteiger partial charge >= 0.3 is 12.1 Å². The summed E-state index contributed by atoms with van der Waals surface area (Å²) in [7, 11) is 5.07. The summed E-state index contributed by atoms with van der Waals surface area (Å²) < 4.78 is 5.57. The highest BCUT2D eigenvalue weighted by molar-refractivity contribution is 7.09. The fourth-order valence-corrected chi connectivity index (χ4v) is 5.57. The number of ether oxygens (including phenoxy) is 1. The molecule has 2 heterocycles. The molecule has 1 aliphatic heterocycles. The SMILES string of the molecule is CC[C@H](C)[C@H](NC(=O)[C@H]1CCCCN1C)C(=O)N(C)[C@H](C[C@@H](OC(=O)NC)c1nc(C(=O)O)cs1)C(C)C. The number of aromatic nitrogens is 1. The highest BCUT2D eigenvalue weighted by atomic mass is 32.1. The number of thiazole rings is 1. The van der Waals surface area contributed by atoms with E-state index in [-0.39, 0.29) is 47.8 Å². The molecule has 1 saturated heterocycles. The molecule has 2 rings (SSSR count). The van der Waals surface area contributed by atoms with Crippen LogP contribution in [0.5, 0.6) is 0 Å². The van der Waals surface area contributed by atoms with Crippen LogP contribution in [0.3, 0.4) is 0 Å². The minimum atomic E-state index is -1.17. The number of nitrogens with zero attached hydrogens (tertiary/aromatic N) is 3. The van der Waals surface area contributed by atoms with Gasteiger partial charge in [0.25, 0.3) is 0 Å². The lowest BCUT2D eigenvalue weighted by Crippen LogP contribution is -2.58. The molecule has 0 spiro atoms. The molecular weight excluding hydrogens is 510 g/mol. The Morgan fingerprint density at radius 2 is 1.95 bits per heavy atom. The van der Waals surface area contributed by atoms with Crippen LogP contribution in [0.15, 0.2) is 5.38 Å². The van der Waals surface area contributed by atoms with Crippen LogP contribution in [0.2, 0.25) is 0 Å². The van der Waals surface area contributed by atoms with Gasteiger partial charge in [-0.05, 0) is 38.3 Å². The molecule has 3 amide bonds. The Hall–Kier alpha value is -2.73. The number of carboxylic acid groups (broad SMARTS) is 1. The van der Waals surface area contributed by atoms with Crippen molar-refractivity contribution in [2.24, 2.45) is 11.8 Å². The van der Waals surface area contributed by atoms with E-state index in [2.05, 4.69) is 15.6 Å². The van der Waals surface area contributed by atoms with Crippen LogP contribution in [0.1, 0.15) is 81.4 Å². The average molecular weight is 554 g/mol. The Bertz CT molecular complexity index is 970. The van der Waals surface area contributed by atoms with Gasteiger partial charge in [-0.2, -0.15) is 0 Å². The normalized spacial score (nSPS) is 19.2. The summed E-state index contributed by atoms with van der Waals surface area (Å²) in [5.41, 5.74) is -0.131. The number of hydrogen-bond acceptors (Lipinski definition) is 8. The van der Waals surface area contributed by atoms with E-state index in [0.717, 1.165) is 37.1 Å². The summed E-state index contributed by atoms with van der Waals surface area (Å²) in [6.07, 6.45) is 2.18. The third kappa shape index (κ3) is 8.13. The van der Waals surface area contributed by atoms with Crippen LogP contribution in [0, 0.1) is 11.8 Å². The Labute approximate surface area is 229 Å². The molecule has 0 aromatic carbocycles. The molecule has 11 nitrogen and oxygen atoms in total. The van der Waals surface area contributed by atoms with Gasteiger partial charge in [0.2, 0.25) is 11.8 Å². The monoisotopic (exact) mass is 553 g/mol.